The molecule has 0 aliphatic heterocycles. The van der Waals surface area contributed by atoms with Gasteiger partial charge in [0.15, 0.2) is 0 Å². The molecule has 0 aromatic rings. The smallest absolute Gasteiger partial charge is 0.340 e. The van der Waals surface area contributed by atoms with Gasteiger partial charge in [-0.3, -0.25) is 0 Å². The first-order valence-corrected chi connectivity index (χ1v) is 6.16. The van der Waals surface area contributed by atoms with Gasteiger partial charge in [-0.15, -0.1) is 0 Å². The highest BCUT2D eigenvalue weighted by Gasteiger charge is 2.24. The van der Waals surface area contributed by atoms with Gasteiger partial charge in [-0.05, 0) is 30.0 Å². The van der Waals surface area contributed by atoms with Gasteiger partial charge in [0.25, 0.3) is 0 Å². The number of anilines is 1. The SMILES string of the molecule is CCOC(=O)c1c2cccccc-2c(CC)c1N. The fourth-order valence-corrected chi connectivity index (χ4v) is 2.27. The van der Waals surface area contributed by atoms with Crippen LogP contribution in [0.25, 0.3) is 11.1 Å². The summed E-state index contributed by atoms with van der Waals surface area (Å²) < 4.78 is 5.09. The normalized spacial score (nSPS) is 10.6. The molecule has 3 nitrogen and oxygen atoms in total. The first-order chi connectivity index (χ1) is 8.70. The topological polar surface area (TPSA) is 52.3 Å². The van der Waals surface area contributed by atoms with E-state index in [1.165, 1.54) is 0 Å². The molecule has 0 unspecified atom stereocenters. The molecule has 0 spiro atoms. The van der Waals surface area contributed by atoms with Crippen LogP contribution in [0.1, 0.15) is 29.8 Å². The van der Waals surface area contributed by atoms with Crippen molar-refractivity contribution in [3.8, 4) is 11.1 Å². The van der Waals surface area contributed by atoms with Gasteiger partial charge in [0.2, 0.25) is 0 Å². The van der Waals surface area contributed by atoms with Gasteiger partial charge in [0, 0.05) is 0 Å². The Balaban J connectivity index is 2.68. The van der Waals surface area contributed by atoms with Crippen LogP contribution in [0, 0.1) is 0 Å². The molecule has 18 heavy (non-hydrogen) atoms. The highest BCUT2D eigenvalue weighted by molar-refractivity contribution is 6.06. The Morgan fingerprint density at radius 3 is 2.44 bits per heavy atom. The van der Waals surface area contributed by atoms with Crippen molar-refractivity contribution >= 4 is 11.7 Å². The lowest BCUT2D eigenvalue weighted by Crippen LogP contribution is -2.07. The van der Waals surface area contributed by atoms with Gasteiger partial charge in [-0.1, -0.05) is 37.3 Å². The Kier molecular flexibility index (Phi) is 3.51. The minimum absolute atomic E-state index is 0.342. The summed E-state index contributed by atoms with van der Waals surface area (Å²) in [5.41, 5.74) is 10.1. The lowest BCUT2D eigenvalue weighted by molar-refractivity contribution is 0.0529. The Morgan fingerprint density at radius 1 is 1.17 bits per heavy atom. The van der Waals surface area contributed by atoms with Gasteiger partial charge in [0.05, 0.1) is 17.9 Å². The maximum absolute atomic E-state index is 12.0. The van der Waals surface area contributed by atoms with Crippen LogP contribution in [0.2, 0.25) is 0 Å². The molecular weight excluding hydrogens is 226 g/mol. The third kappa shape index (κ3) is 1.92. The Labute approximate surface area is 107 Å². The molecule has 3 heteroatoms. The predicted molar refractivity (Wildman–Crippen MR) is 72.8 cm³/mol. The molecule has 94 valence electrons. The Morgan fingerprint density at radius 2 is 1.83 bits per heavy atom. The third-order valence-corrected chi connectivity index (χ3v) is 3.06. The summed E-state index contributed by atoms with van der Waals surface area (Å²) in [5, 5.41) is 0. The molecule has 0 radical (unpaired) electrons. The van der Waals surface area contributed by atoms with Crippen LogP contribution in [0.4, 0.5) is 5.69 Å². The van der Waals surface area contributed by atoms with Crippen molar-refractivity contribution in [2.45, 2.75) is 20.3 Å². The molecule has 0 aromatic carbocycles. The van der Waals surface area contributed by atoms with E-state index in [4.69, 9.17) is 10.5 Å². The van der Waals surface area contributed by atoms with E-state index in [0.29, 0.717) is 17.9 Å². The molecule has 0 saturated heterocycles. The minimum Gasteiger partial charge on any atom is -0.462 e. The molecule has 0 saturated carbocycles. The maximum Gasteiger partial charge on any atom is 0.340 e. The zero-order chi connectivity index (χ0) is 13.1. The average Bonchev–Trinajstić information content (AvgIpc) is 2.51. The lowest BCUT2D eigenvalue weighted by atomic mass is 10.1. The maximum atomic E-state index is 12.0. The van der Waals surface area contributed by atoms with Crippen molar-refractivity contribution in [3.63, 3.8) is 0 Å². The fraction of sp³-hybridized carbons (Fsp3) is 0.267. The number of nitrogen functional groups attached to an aromatic ring is 1. The summed E-state index contributed by atoms with van der Waals surface area (Å²) in [6.07, 6.45) is 0.797. The van der Waals surface area contributed by atoms with E-state index >= 15 is 0 Å². The molecule has 2 N–H and O–H groups in total. The largest absolute Gasteiger partial charge is 0.462 e. The van der Waals surface area contributed by atoms with E-state index < -0.39 is 0 Å². The van der Waals surface area contributed by atoms with Gasteiger partial charge in [0.1, 0.15) is 0 Å². The summed E-state index contributed by atoms with van der Waals surface area (Å²) in [4.78, 5) is 12.0. The van der Waals surface area contributed by atoms with Crippen molar-refractivity contribution in [3.05, 3.63) is 41.5 Å². The van der Waals surface area contributed by atoms with Gasteiger partial charge in [-0.25, -0.2) is 4.79 Å². The standard InChI is InChI=1S/C15H17NO2/c1-3-10-11-8-6-5-7-9-12(11)13(14(10)16)15(17)18-4-2/h5-9H,3-4,16H2,1-2H3. The molecule has 0 aromatic heterocycles. The van der Waals surface area contributed by atoms with Crippen LogP contribution in [-0.4, -0.2) is 12.6 Å². The number of carbonyl (C=O) groups is 1. The van der Waals surface area contributed by atoms with Crippen LogP contribution in [0.15, 0.2) is 30.3 Å². The van der Waals surface area contributed by atoms with Crippen molar-refractivity contribution < 1.29 is 9.53 Å². The number of carbonyl (C=O) groups excluding carboxylic acids is 1. The van der Waals surface area contributed by atoms with Crippen LogP contribution in [-0.2, 0) is 11.2 Å². The number of hydrogen-bond acceptors (Lipinski definition) is 3. The van der Waals surface area contributed by atoms with Gasteiger partial charge in [-0.2, -0.15) is 0 Å². The zero-order valence-corrected chi connectivity index (χ0v) is 10.7. The van der Waals surface area contributed by atoms with Crippen molar-refractivity contribution in [1.82, 2.24) is 0 Å². The molecule has 0 amide bonds. The number of nitrogens with two attached hydrogens (primary N) is 1. The Bertz CT molecular complexity index is 549. The monoisotopic (exact) mass is 243 g/mol. The number of hydrogen-bond donors (Lipinski definition) is 1. The molecule has 0 fully saturated rings. The van der Waals surface area contributed by atoms with Crippen molar-refractivity contribution in [2.75, 3.05) is 12.3 Å². The first-order valence-electron chi connectivity index (χ1n) is 6.16. The molecule has 2 rings (SSSR count). The van der Waals surface area contributed by atoms with Crippen LogP contribution in [0.3, 0.4) is 0 Å². The minimum atomic E-state index is -0.342. The van der Waals surface area contributed by atoms with E-state index in [1.807, 2.05) is 37.3 Å². The second-order valence-corrected chi connectivity index (χ2v) is 4.08. The average molecular weight is 243 g/mol. The van der Waals surface area contributed by atoms with Gasteiger partial charge >= 0.3 is 5.97 Å². The molecule has 0 bridgehead atoms. The summed E-state index contributed by atoms with van der Waals surface area (Å²) in [6.45, 7) is 4.18. The summed E-state index contributed by atoms with van der Waals surface area (Å²) in [6, 6.07) is 9.70. The van der Waals surface area contributed by atoms with Crippen molar-refractivity contribution in [1.29, 1.82) is 0 Å². The van der Waals surface area contributed by atoms with Gasteiger partial charge < -0.3 is 10.5 Å². The van der Waals surface area contributed by atoms with E-state index in [-0.39, 0.29) is 5.97 Å². The summed E-state index contributed by atoms with van der Waals surface area (Å²) in [7, 11) is 0. The highest BCUT2D eigenvalue weighted by Crippen LogP contribution is 2.38. The molecule has 0 atom stereocenters. The summed E-state index contributed by atoms with van der Waals surface area (Å²) >= 11 is 0. The van der Waals surface area contributed by atoms with Crippen LogP contribution < -0.4 is 5.73 Å². The fourth-order valence-electron chi connectivity index (χ4n) is 2.27. The number of fused-ring (bicyclic) bond motifs is 1. The van der Waals surface area contributed by atoms with Crippen molar-refractivity contribution in [2.24, 2.45) is 0 Å². The quantitative estimate of drug-likeness (QED) is 0.843. The molecule has 0 heterocycles. The second-order valence-electron chi connectivity index (χ2n) is 4.08. The zero-order valence-electron chi connectivity index (χ0n) is 10.7. The van der Waals surface area contributed by atoms with Crippen LogP contribution in [0.5, 0.6) is 0 Å². The Hall–Kier alpha value is -2.03. The van der Waals surface area contributed by atoms with E-state index in [2.05, 4.69) is 0 Å². The van der Waals surface area contributed by atoms with E-state index in [0.717, 1.165) is 23.1 Å². The lowest BCUT2D eigenvalue weighted by Gasteiger charge is -2.02. The van der Waals surface area contributed by atoms with E-state index in [1.54, 1.807) is 6.92 Å². The summed E-state index contributed by atoms with van der Waals surface area (Å²) in [5.74, 6) is -0.342. The molecular formula is C15H17NO2. The highest BCUT2D eigenvalue weighted by atomic mass is 16.5. The van der Waals surface area contributed by atoms with Crippen LogP contribution >= 0.6 is 0 Å². The van der Waals surface area contributed by atoms with E-state index in [9.17, 15) is 4.79 Å². The number of ether oxygens (including phenoxy) is 1. The molecule has 2 aliphatic rings. The second kappa shape index (κ2) is 5.08. The number of esters is 1. The predicted octanol–water partition coefficient (Wildman–Crippen LogP) is 3.11. The third-order valence-electron chi connectivity index (χ3n) is 3.06. The number of rotatable bonds is 3. The first kappa shape index (κ1) is 12.4. The molecule has 2 aliphatic carbocycles.